The van der Waals surface area contributed by atoms with E-state index >= 15 is 0 Å². The first-order valence-electron chi connectivity index (χ1n) is 6.47. The molecular formula is C15H15N4O2-. The first-order valence-corrected chi connectivity index (χ1v) is 6.47. The molecule has 0 fully saturated rings. The van der Waals surface area contributed by atoms with Crippen LogP contribution in [0.1, 0.15) is 6.92 Å². The summed E-state index contributed by atoms with van der Waals surface area (Å²) in [5.74, 6) is -1.35. The molecule has 0 amide bonds. The molecule has 1 aromatic heterocycles. The molecule has 1 atom stereocenters. The summed E-state index contributed by atoms with van der Waals surface area (Å²) in [4.78, 5) is 5.63. The molecule has 3 rings (SSSR count). The Morgan fingerprint density at radius 1 is 1.38 bits per heavy atom. The van der Waals surface area contributed by atoms with E-state index in [1.54, 1.807) is 24.1 Å². The lowest BCUT2D eigenvalue weighted by atomic mass is 10.2. The summed E-state index contributed by atoms with van der Waals surface area (Å²) in [6, 6.07) is 9.17. The number of aliphatic hydroxyl groups is 1. The van der Waals surface area contributed by atoms with Crippen molar-refractivity contribution in [3.63, 3.8) is 0 Å². The summed E-state index contributed by atoms with van der Waals surface area (Å²) < 4.78 is 0. The molecule has 21 heavy (non-hydrogen) atoms. The predicted molar refractivity (Wildman–Crippen MR) is 83.1 cm³/mol. The molecule has 2 aromatic rings. The number of pyridine rings is 1. The number of fused-ring (bicyclic) bond motifs is 1. The smallest absolute Gasteiger partial charge is 0.218 e. The maximum Gasteiger partial charge on any atom is 0.218 e. The Labute approximate surface area is 122 Å². The largest absolute Gasteiger partial charge is 0.754 e. The molecule has 0 saturated heterocycles. The van der Waals surface area contributed by atoms with Gasteiger partial charge in [0.1, 0.15) is 0 Å². The van der Waals surface area contributed by atoms with E-state index in [4.69, 9.17) is 0 Å². The van der Waals surface area contributed by atoms with E-state index in [0.29, 0.717) is 16.4 Å². The van der Waals surface area contributed by atoms with Crippen LogP contribution in [0.15, 0.2) is 55.5 Å². The van der Waals surface area contributed by atoms with Gasteiger partial charge in [-0.05, 0) is 24.4 Å². The number of nitrogens with zero attached hydrogens (tertiary/aromatic N) is 3. The minimum Gasteiger partial charge on any atom is -0.754 e. The SMILES string of the molecule is C=CN([O-])c1cnccc1N1c2ccccc2NC1(C)O. The molecule has 1 unspecified atom stereocenters. The van der Waals surface area contributed by atoms with Gasteiger partial charge in [-0.1, -0.05) is 18.7 Å². The van der Waals surface area contributed by atoms with Crippen LogP contribution in [0.5, 0.6) is 0 Å². The van der Waals surface area contributed by atoms with Crippen molar-refractivity contribution in [2.24, 2.45) is 0 Å². The summed E-state index contributed by atoms with van der Waals surface area (Å²) >= 11 is 0. The Bertz CT molecular complexity index is 687. The number of hydroxylamine groups is 1. The second-order valence-corrected chi connectivity index (χ2v) is 4.87. The van der Waals surface area contributed by atoms with E-state index in [2.05, 4.69) is 16.9 Å². The number of para-hydroxylation sites is 2. The van der Waals surface area contributed by atoms with E-state index in [1.165, 1.54) is 6.20 Å². The number of nitrogens with one attached hydrogen (secondary N) is 1. The van der Waals surface area contributed by atoms with E-state index < -0.39 is 5.85 Å². The summed E-state index contributed by atoms with van der Waals surface area (Å²) in [5, 5.41) is 26.2. The molecular weight excluding hydrogens is 268 g/mol. The van der Waals surface area contributed by atoms with Crippen LogP contribution in [0.4, 0.5) is 22.7 Å². The Morgan fingerprint density at radius 3 is 2.90 bits per heavy atom. The second kappa shape index (κ2) is 4.76. The predicted octanol–water partition coefficient (Wildman–Crippen LogP) is 2.76. The second-order valence-electron chi connectivity index (χ2n) is 4.87. The number of hydrogen-bond donors (Lipinski definition) is 2. The van der Waals surface area contributed by atoms with Crippen LogP contribution in [-0.2, 0) is 0 Å². The molecule has 0 spiro atoms. The highest BCUT2D eigenvalue weighted by Gasteiger charge is 2.39. The minimum absolute atomic E-state index is 0.311. The lowest BCUT2D eigenvalue weighted by molar-refractivity contribution is 0.104. The van der Waals surface area contributed by atoms with E-state index in [0.717, 1.165) is 17.6 Å². The van der Waals surface area contributed by atoms with Crippen molar-refractivity contribution in [2.75, 3.05) is 15.3 Å². The third-order valence-corrected chi connectivity index (χ3v) is 3.37. The van der Waals surface area contributed by atoms with Crippen LogP contribution < -0.4 is 15.3 Å². The van der Waals surface area contributed by atoms with E-state index in [9.17, 15) is 10.3 Å². The van der Waals surface area contributed by atoms with Gasteiger partial charge in [-0.2, -0.15) is 0 Å². The van der Waals surface area contributed by atoms with Crippen LogP contribution in [0.2, 0.25) is 0 Å². The number of anilines is 4. The van der Waals surface area contributed by atoms with Crippen LogP contribution in [-0.4, -0.2) is 15.9 Å². The maximum absolute atomic E-state index is 11.9. The Kier molecular flexibility index (Phi) is 3.04. The molecule has 0 bridgehead atoms. The summed E-state index contributed by atoms with van der Waals surface area (Å²) in [7, 11) is 0. The molecule has 0 radical (unpaired) electrons. The van der Waals surface area contributed by atoms with Crippen LogP contribution in [0.25, 0.3) is 0 Å². The number of benzene rings is 1. The van der Waals surface area contributed by atoms with Gasteiger partial charge in [0.15, 0.2) is 0 Å². The van der Waals surface area contributed by atoms with Gasteiger partial charge < -0.3 is 20.7 Å². The van der Waals surface area contributed by atoms with Crippen molar-refractivity contribution in [3.05, 3.63) is 60.7 Å². The highest BCUT2D eigenvalue weighted by Crippen LogP contribution is 2.46. The third-order valence-electron chi connectivity index (χ3n) is 3.37. The Balaban J connectivity index is 2.18. The van der Waals surface area contributed by atoms with Crippen LogP contribution in [0.3, 0.4) is 0 Å². The summed E-state index contributed by atoms with van der Waals surface area (Å²) in [5.41, 5.74) is 2.43. The normalized spacial score (nSPS) is 19.9. The maximum atomic E-state index is 11.9. The molecule has 6 nitrogen and oxygen atoms in total. The number of hydrogen-bond acceptors (Lipinski definition) is 6. The molecule has 1 aliphatic rings. The quantitative estimate of drug-likeness (QED) is 0.844. The monoisotopic (exact) mass is 283 g/mol. The lowest BCUT2D eigenvalue weighted by Gasteiger charge is -2.36. The summed E-state index contributed by atoms with van der Waals surface area (Å²) in [6.07, 6.45) is 4.18. The molecule has 1 aromatic carbocycles. The number of rotatable bonds is 3. The fourth-order valence-corrected chi connectivity index (χ4v) is 2.52. The van der Waals surface area contributed by atoms with Gasteiger partial charge in [0.2, 0.25) is 5.85 Å². The standard InChI is InChI=1S/C15H15N4O2/c1-3-18(21)14-10-16-9-8-13(14)19-12-7-5-4-6-11(12)17-15(19,2)20/h3-10,17,20H,1H2,2H3/q-1. The van der Waals surface area contributed by atoms with Gasteiger partial charge in [-0.25, -0.2) is 0 Å². The van der Waals surface area contributed by atoms with Gasteiger partial charge in [-0.3, -0.25) is 9.88 Å². The fraction of sp³-hybridized carbons (Fsp3) is 0.133. The Hall–Kier alpha value is -2.57. The average Bonchev–Trinajstić information content (AvgIpc) is 2.76. The van der Waals surface area contributed by atoms with Crippen LogP contribution >= 0.6 is 0 Å². The van der Waals surface area contributed by atoms with Gasteiger partial charge >= 0.3 is 0 Å². The van der Waals surface area contributed by atoms with Crippen molar-refractivity contribution in [2.45, 2.75) is 12.8 Å². The van der Waals surface area contributed by atoms with E-state index in [-0.39, 0.29) is 0 Å². The van der Waals surface area contributed by atoms with Crippen molar-refractivity contribution in [1.29, 1.82) is 0 Å². The van der Waals surface area contributed by atoms with Crippen LogP contribution in [0, 0.1) is 5.21 Å². The molecule has 0 saturated carbocycles. The third kappa shape index (κ3) is 2.10. The van der Waals surface area contributed by atoms with Crippen molar-refractivity contribution >= 4 is 22.7 Å². The molecule has 1 aliphatic heterocycles. The molecule has 0 aliphatic carbocycles. The van der Waals surface area contributed by atoms with Gasteiger partial charge in [-0.15, -0.1) is 0 Å². The zero-order valence-electron chi connectivity index (χ0n) is 11.5. The highest BCUT2D eigenvalue weighted by atomic mass is 16.5. The average molecular weight is 283 g/mol. The zero-order chi connectivity index (χ0) is 15.0. The Morgan fingerprint density at radius 2 is 2.14 bits per heavy atom. The highest BCUT2D eigenvalue weighted by molar-refractivity contribution is 5.88. The molecule has 2 N–H and O–H groups in total. The molecule has 2 heterocycles. The zero-order valence-corrected chi connectivity index (χ0v) is 11.5. The fourth-order valence-electron chi connectivity index (χ4n) is 2.52. The van der Waals surface area contributed by atoms with Crippen molar-refractivity contribution in [3.8, 4) is 0 Å². The van der Waals surface area contributed by atoms with Gasteiger partial charge in [0.25, 0.3) is 0 Å². The van der Waals surface area contributed by atoms with Crippen molar-refractivity contribution in [1.82, 2.24) is 4.98 Å². The first kappa shape index (κ1) is 13.4. The minimum atomic E-state index is -1.35. The molecule has 108 valence electrons. The number of aromatic nitrogens is 1. The van der Waals surface area contributed by atoms with E-state index in [1.807, 2.05) is 24.3 Å². The topological polar surface area (TPSA) is 74.7 Å². The lowest BCUT2D eigenvalue weighted by Crippen LogP contribution is -2.45. The molecule has 6 heteroatoms. The van der Waals surface area contributed by atoms with Crippen molar-refractivity contribution < 1.29 is 5.11 Å². The van der Waals surface area contributed by atoms with Gasteiger partial charge in [0.05, 0.1) is 28.9 Å². The first-order chi connectivity index (χ1) is 10.0. The van der Waals surface area contributed by atoms with Gasteiger partial charge in [0, 0.05) is 13.1 Å². The summed E-state index contributed by atoms with van der Waals surface area (Å²) in [6.45, 7) is 5.10.